The molecule has 88 valence electrons. The number of nitrogens with zero attached hydrogens (tertiary/aromatic N) is 3. The average molecular weight is 258 g/mol. The fourth-order valence-electron chi connectivity index (χ4n) is 1.84. The van der Waals surface area contributed by atoms with Gasteiger partial charge in [-0.15, -0.1) is 0 Å². The van der Waals surface area contributed by atoms with E-state index in [0.29, 0.717) is 15.9 Å². The van der Waals surface area contributed by atoms with Gasteiger partial charge in [0.1, 0.15) is 5.52 Å². The van der Waals surface area contributed by atoms with E-state index >= 15 is 0 Å². The van der Waals surface area contributed by atoms with Crippen molar-refractivity contribution in [3.8, 4) is 11.1 Å². The normalized spacial score (nSPS) is 10.7. The van der Waals surface area contributed by atoms with E-state index < -0.39 is 0 Å². The summed E-state index contributed by atoms with van der Waals surface area (Å²) < 4.78 is 0. The number of hydrogen-bond acceptors (Lipinski definition) is 3. The Kier molecular flexibility index (Phi) is 2.57. The van der Waals surface area contributed by atoms with Gasteiger partial charge >= 0.3 is 0 Å². The molecule has 0 aliphatic heterocycles. The van der Waals surface area contributed by atoms with Crippen LogP contribution in [0, 0.1) is 5.21 Å². The summed E-state index contributed by atoms with van der Waals surface area (Å²) >= 11 is 5.68. The first-order valence-electron chi connectivity index (χ1n) is 5.36. The van der Waals surface area contributed by atoms with Crippen molar-refractivity contribution in [1.82, 2.24) is 10.1 Å². The molecule has 18 heavy (non-hydrogen) atoms. The monoisotopic (exact) mass is 257 g/mol. The highest BCUT2D eigenvalue weighted by molar-refractivity contribution is 6.28. The van der Waals surface area contributed by atoms with E-state index in [9.17, 15) is 5.21 Å². The highest BCUT2D eigenvalue weighted by Gasteiger charge is 2.10. The molecule has 4 nitrogen and oxygen atoms in total. The fraction of sp³-hybridized carbons (Fsp3) is 0. The van der Waals surface area contributed by atoms with Crippen molar-refractivity contribution in [1.29, 1.82) is 0 Å². The van der Waals surface area contributed by atoms with Crippen LogP contribution < -0.4 is 4.85 Å². The van der Waals surface area contributed by atoms with Gasteiger partial charge in [-0.2, -0.15) is 0 Å². The first-order chi connectivity index (χ1) is 8.74. The van der Waals surface area contributed by atoms with Gasteiger partial charge in [-0.1, -0.05) is 30.3 Å². The van der Waals surface area contributed by atoms with Gasteiger partial charge in [-0.05, 0) is 39.7 Å². The molecule has 0 atom stereocenters. The van der Waals surface area contributed by atoms with E-state index in [1.165, 1.54) is 0 Å². The Labute approximate surface area is 108 Å². The molecule has 1 aromatic heterocycles. The van der Waals surface area contributed by atoms with E-state index in [2.05, 4.69) is 10.1 Å². The van der Waals surface area contributed by atoms with Gasteiger partial charge in [-0.25, -0.2) is 4.98 Å². The largest absolute Gasteiger partial charge is 0.594 e. The number of fused-ring (bicyclic) bond motifs is 1. The quantitative estimate of drug-likeness (QED) is 0.497. The third-order valence-electron chi connectivity index (χ3n) is 2.67. The minimum atomic E-state index is -0.0530. The Morgan fingerprint density at radius 2 is 1.78 bits per heavy atom. The van der Waals surface area contributed by atoms with Gasteiger partial charge in [0, 0.05) is 11.2 Å². The summed E-state index contributed by atoms with van der Waals surface area (Å²) in [6.07, 6.45) is 0. The molecule has 1 heterocycles. The van der Waals surface area contributed by atoms with Crippen LogP contribution in [0.3, 0.4) is 0 Å². The van der Waals surface area contributed by atoms with Crippen molar-refractivity contribution in [3.63, 3.8) is 0 Å². The second kappa shape index (κ2) is 4.23. The van der Waals surface area contributed by atoms with Crippen LogP contribution in [-0.2, 0) is 0 Å². The maximum absolute atomic E-state index is 11.5. The molecule has 0 unspecified atom stereocenters. The zero-order valence-electron chi connectivity index (χ0n) is 9.25. The minimum absolute atomic E-state index is 0.0530. The van der Waals surface area contributed by atoms with Gasteiger partial charge < -0.3 is 5.21 Å². The number of benzene rings is 2. The molecule has 5 heteroatoms. The molecule has 0 aliphatic carbocycles. The average Bonchev–Trinajstić information content (AvgIpc) is 2.39. The van der Waals surface area contributed by atoms with Crippen molar-refractivity contribution >= 4 is 22.6 Å². The lowest BCUT2D eigenvalue weighted by Gasteiger charge is -2.03. The minimum Gasteiger partial charge on any atom is -0.594 e. The van der Waals surface area contributed by atoms with Crippen molar-refractivity contribution in [3.05, 3.63) is 59.0 Å². The maximum atomic E-state index is 11.5. The summed E-state index contributed by atoms with van der Waals surface area (Å²) in [5.74, 6) is 0. The van der Waals surface area contributed by atoms with Gasteiger partial charge in [-0.3, -0.25) is 0 Å². The third-order valence-corrected chi connectivity index (χ3v) is 2.83. The van der Waals surface area contributed by atoms with Crippen LogP contribution in [0.1, 0.15) is 0 Å². The highest BCUT2D eigenvalue weighted by Crippen LogP contribution is 2.22. The lowest BCUT2D eigenvalue weighted by Crippen LogP contribution is -2.32. The molecule has 0 bridgehead atoms. The van der Waals surface area contributed by atoms with Crippen LogP contribution in [0.4, 0.5) is 0 Å². The van der Waals surface area contributed by atoms with Crippen LogP contribution in [0.2, 0.25) is 5.28 Å². The van der Waals surface area contributed by atoms with E-state index in [1.54, 1.807) is 6.07 Å². The molecular weight excluding hydrogens is 250 g/mol. The van der Waals surface area contributed by atoms with E-state index in [-0.39, 0.29) is 5.28 Å². The molecule has 0 aliphatic rings. The molecule has 0 spiro atoms. The summed E-state index contributed by atoms with van der Waals surface area (Å²) in [6, 6.07) is 15.2. The Bertz CT molecular complexity index is 716. The summed E-state index contributed by atoms with van der Waals surface area (Å²) in [6.45, 7) is 0. The zero-order valence-corrected chi connectivity index (χ0v) is 10.0. The molecular formula is C13H8ClN3O. The summed E-state index contributed by atoms with van der Waals surface area (Å²) in [4.78, 5) is 4.54. The number of halogens is 1. The van der Waals surface area contributed by atoms with Gasteiger partial charge in [0.15, 0.2) is 0 Å². The Morgan fingerprint density at radius 1 is 1.00 bits per heavy atom. The predicted octanol–water partition coefficient (Wildman–Crippen LogP) is 2.58. The molecule has 0 N–H and O–H groups in total. The smallest absolute Gasteiger partial charge is 0.290 e. The molecule has 2 aromatic carbocycles. The number of aromatic nitrogens is 3. The summed E-state index contributed by atoms with van der Waals surface area (Å²) in [7, 11) is 0. The molecule has 0 saturated heterocycles. The molecule has 3 aromatic rings. The third kappa shape index (κ3) is 1.87. The predicted molar refractivity (Wildman–Crippen MR) is 68.9 cm³/mol. The first kappa shape index (κ1) is 10.9. The van der Waals surface area contributed by atoms with Crippen molar-refractivity contribution < 1.29 is 4.85 Å². The van der Waals surface area contributed by atoms with Gasteiger partial charge in [0.2, 0.25) is 0 Å². The topological polar surface area (TPSA) is 52.7 Å². The Balaban J connectivity index is 2.23. The van der Waals surface area contributed by atoms with E-state index in [4.69, 9.17) is 11.6 Å². The van der Waals surface area contributed by atoms with Crippen LogP contribution in [-0.4, -0.2) is 10.1 Å². The van der Waals surface area contributed by atoms with Crippen LogP contribution >= 0.6 is 11.6 Å². The van der Waals surface area contributed by atoms with Crippen molar-refractivity contribution in [2.75, 3.05) is 0 Å². The van der Waals surface area contributed by atoms with Crippen LogP contribution in [0.5, 0.6) is 0 Å². The van der Waals surface area contributed by atoms with E-state index in [1.807, 2.05) is 42.5 Å². The molecule has 3 rings (SSSR count). The maximum Gasteiger partial charge on any atom is 0.290 e. The highest BCUT2D eigenvalue weighted by atomic mass is 35.5. The second-order valence-corrected chi connectivity index (χ2v) is 4.16. The zero-order chi connectivity index (χ0) is 12.5. The standard InChI is InChI=1S/C13H8ClN3O/c14-13-15-11-8-10(9-4-2-1-3-5-9)6-7-12(11)17(18)16-13/h1-8H. The lowest BCUT2D eigenvalue weighted by atomic mass is 10.1. The SMILES string of the molecule is [O-][n+]1nc(Cl)nc2cc(-c3ccccc3)ccc21. The molecule has 0 saturated carbocycles. The second-order valence-electron chi connectivity index (χ2n) is 3.82. The summed E-state index contributed by atoms with van der Waals surface area (Å²) in [5, 5.41) is 15.0. The van der Waals surface area contributed by atoms with E-state index in [0.717, 1.165) is 11.1 Å². The number of rotatable bonds is 1. The lowest BCUT2D eigenvalue weighted by molar-refractivity contribution is -0.642. The van der Waals surface area contributed by atoms with Crippen LogP contribution in [0.15, 0.2) is 48.5 Å². The number of hydrogen-bond donors (Lipinski definition) is 0. The Morgan fingerprint density at radius 3 is 2.56 bits per heavy atom. The van der Waals surface area contributed by atoms with Crippen molar-refractivity contribution in [2.24, 2.45) is 0 Å². The van der Waals surface area contributed by atoms with Crippen molar-refractivity contribution in [2.45, 2.75) is 0 Å². The Hall–Kier alpha value is -2.20. The first-order valence-corrected chi connectivity index (χ1v) is 5.74. The van der Waals surface area contributed by atoms with Gasteiger partial charge in [0.05, 0.1) is 0 Å². The van der Waals surface area contributed by atoms with Crippen LogP contribution in [0.25, 0.3) is 22.2 Å². The fourth-order valence-corrected chi connectivity index (χ4v) is 2.00. The van der Waals surface area contributed by atoms with Gasteiger partial charge in [0.25, 0.3) is 10.8 Å². The summed E-state index contributed by atoms with van der Waals surface area (Å²) in [5.41, 5.74) is 2.98. The molecule has 0 amide bonds. The molecule has 0 radical (unpaired) electrons. The molecule has 0 fully saturated rings.